The van der Waals surface area contributed by atoms with Crippen LogP contribution in [0.25, 0.3) is 0 Å². The number of nitrogens with one attached hydrogen (secondary N) is 1. The molecule has 4 nitrogen and oxygen atoms in total. The van der Waals surface area contributed by atoms with Crippen LogP contribution in [0, 0.1) is 5.92 Å². The first-order valence-electron chi connectivity index (χ1n) is 6.90. The first-order valence-corrected chi connectivity index (χ1v) is 6.90. The summed E-state index contributed by atoms with van der Waals surface area (Å²) in [7, 11) is 4.06. The maximum atomic E-state index is 4.33. The van der Waals surface area contributed by atoms with Crippen molar-refractivity contribution in [3.8, 4) is 0 Å². The maximum absolute atomic E-state index is 4.33. The van der Waals surface area contributed by atoms with Gasteiger partial charge in [-0.15, -0.1) is 5.10 Å². The second-order valence-corrected chi connectivity index (χ2v) is 5.44. The van der Waals surface area contributed by atoms with Gasteiger partial charge in [-0.2, -0.15) is 5.10 Å². The Morgan fingerprint density at radius 1 is 1.22 bits per heavy atom. The molecule has 1 aliphatic rings. The molecule has 1 fully saturated rings. The molecule has 0 radical (unpaired) electrons. The van der Waals surface area contributed by atoms with E-state index in [1.165, 1.54) is 25.7 Å². The Balaban J connectivity index is 1.97. The normalized spacial score (nSPS) is 23.9. The van der Waals surface area contributed by atoms with E-state index in [2.05, 4.69) is 46.5 Å². The molecule has 1 saturated carbocycles. The van der Waals surface area contributed by atoms with Gasteiger partial charge >= 0.3 is 0 Å². The lowest BCUT2D eigenvalue weighted by atomic mass is 9.87. The summed E-state index contributed by atoms with van der Waals surface area (Å²) in [5, 5.41) is 11.7. The summed E-state index contributed by atoms with van der Waals surface area (Å²) in [4.78, 5) is 2.29. The van der Waals surface area contributed by atoms with E-state index in [1.54, 1.807) is 0 Å². The highest BCUT2D eigenvalue weighted by molar-refractivity contribution is 5.37. The molecular formula is C14H24N4. The zero-order chi connectivity index (χ0) is 13.0. The number of nitrogens with zero attached hydrogens (tertiary/aromatic N) is 3. The SMILES string of the molecule is CNCc1ccc(N(C)C2CCC(C)CC2)nn1. The Kier molecular flexibility index (Phi) is 4.53. The molecule has 0 bridgehead atoms. The van der Waals surface area contributed by atoms with Gasteiger partial charge < -0.3 is 10.2 Å². The van der Waals surface area contributed by atoms with E-state index in [9.17, 15) is 0 Å². The van der Waals surface area contributed by atoms with Crippen molar-refractivity contribution in [1.29, 1.82) is 0 Å². The van der Waals surface area contributed by atoms with Crippen LogP contribution in [-0.4, -0.2) is 30.3 Å². The second kappa shape index (κ2) is 6.14. The highest BCUT2D eigenvalue weighted by Gasteiger charge is 2.22. The van der Waals surface area contributed by atoms with Gasteiger partial charge in [-0.05, 0) is 50.8 Å². The van der Waals surface area contributed by atoms with E-state index < -0.39 is 0 Å². The van der Waals surface area contributed by atoms with E-state index in [-0.39, 0.29) is 0 Å². The van der Waals surface area contributed by atoms with E-state index in [4.69, 9.17) is 0 Å². The predicted molar refractivity (Wildman–Crippen MR) is 74.6 cm³/mol. The van der Waals surface area contributed by atoms with Gasteiger partial charge in [0.25, 0.3) is 0 Å². The summed E-state index contributed by atoms with van der Waals surface area (Å²) < 4.78 is 0. The molecular weight excluding hydrogens is 224 g/mol. The minimum atomic E-state index is 0.630. The molecule has 0 saturated heterocycles. The van der Waals surface area contributed by atoms with E-state index >= 15 is 0 Å². The Morgan fingerprint density at radius 2 is 1.94 bits per heavy atom. The second-order valence-electron chi connectivity index (χ2n) is 5.44. The van der Waals surface area contributed by atoms with E-state index in [0.29, 0.717) is 6.04 Å². The van der Waals surface area contributed by atoms with Gasteiger partial charge in [0.05, 0.1) is 5.69 Å². The number of anilines is 1. The topological polar surface area (TPSA) is 41.0 Å². The number of aromatic nitrogens is 2. The Bertz CT molecular complexity index is 355. The molecule has 1 aromatic rings. The van der Waals surface area contributed by atoms with Gasteiger partial charge in [0, 0.05) is 19.6 Å². The molecule has 100 valence electrons. The summed E-state index contributed by atoms with van der Waals surface area (Å²) in [5.74, 6) is 1.88. The molecule has 0 atom stereocenters. The van der Waals surface area contributed by atoms with Gasteiger partial charge in [-0.1, -0.05) is 6.92 Å². The van der Waals surface area contributed by atoms with E-state index in [0.717, 1.165) is 24.0 Å². The Labute approximate surface area is 110 Å². The molecule has 1 aliphatic carbocycles. The van der Waals surface area contributed by atoms with Gasteiger partial charge in [0.15, 0.2) is 5.82 Å². The summed E-state index contributed by atoms with van der Waals surface area (Å²) in [6.45, 7) is 3.13. The third-order valence-corrected chi connectivity index (χ3v) is 3.96. The molecule has 2 rings (SSSR count). The molecule has 0 aromatic carbocycles. The van der Waals surface area contributed by atoms with Crippen LogP contribution in [0.2, 0.25) is 0 Å². The average Bonchev–Trinajstić information content (AvgIpc) is 2.40. The van der Waals surface area contributed by atoms with Crippen LogP contribution in [-0.2, 0) is 6.54 Å². The molecule has 18 heavy (non-hydrogen) atoms. The van der Waals surface area contributed by atoms with E-state index in [1.807, 2.05) is 7.05 Å². The summed E-state index contributed by atoms with van der Waals surface area (Å²) in [6, 6.07) is 4.77. The quantitative estimate of drug-likeness (QED) is 0.887. The number of hydrogen-bond donors (Lipinski definition) is 1. The molecule has 0 spiro atoms. The van der Waals surface area contributed by atoms with Crippen molar-refractivity contribution >= 4 is 5.82 Å². The van der Waals surface area contributed by atoms with Gasteiger partial charge in [0.2, 0.25) is 0 Å². The largest absolute Gasteiger partial charge is 0.355 e. The van der Waals surface area contributed by atoms with Crippen molar-refractivity contribution in [3.05, 3.63) is 17.8 Å². The zero-order valence-corrected chi connectivity index (χ0v) is 11.7. The van der Waals surface area contributed by atoms with Crippen LogP contribution in [0.4, 0.5) is 5.82 Å². The van der Waals surface area contributed by atoms with Crippen molar-refractivity contribution in [1.82, 2.24) is 15.5 Å². The van der Waals surface area contributed by atoms with Crippen molar-refractivity contribution < 1.29 is 0 Å². The zero-order valence-electron chi connectivity index (χ0n) is 11.7. The number of rotatable bonds is 4. The molecule has 0 aliphatic heterocycles. The molecule has 1 heterocycles. The highest BCUT2D eigenvalue weighted by atomic mass is 15.3. The minimum Gasteiger partial charge on any atom is -0.355 e. The van der Waals surface area contributed by atoms with Gasteiger partial charge in [0.1, 0.15) is 0 Å². The van der Waals surface area contributed by atoms with Crippen LogP contribution in [0.1, 0.15) is 38.3 Å². The first kappa shape index (κ1) is 13.3. The lowest BCUT2D eigenvalue weighted by Gasteiger charge is -2.34. The summed E-state index contributed by atoms with van der Waals surface area (Å²) in [6.07, 6.45) is 5.22. The van der Waals surface area contributed by atoms with Crippen LogP contribution in [0.5, 0.6) is 0 Å². The van der Waals surface area contributed by atoms with Crippen LogP contribution in [0.15, 0.2) is 12.1 Å². The first-order chi connectivity index (χ1) is 8.70. The fraction of sp³-hybridized carbons (Fsp3) is 0.714. The number of hydrogen-bond acceptors (Lipinski definition) is 4. The lowest BCUT2D eigenvalue weighted by molar-refractivity contribution is 0.339. The van der Waals surface area contributed by atoms with Crippen molar-refractivity contribution in [2.45, 2.75) is 45.2 Å². The maximum Gasteiger partial charge on any atom is 0.151 e. The molecule has 0 unspecified atom stereocenters. The smallest absolute Gasteiger partial charge is 0.151 e. The standard InChI is InChI=1S/C14H24N4/c1-11-4-7-13(8-5-11)18(3)14-9-6-12(10-15-2)16-17-14/h6,9,11,13,15H,4-5,7-8,10H2,1-3H3. The van der Waals surface area contributed by atoms with Crippen molar-refractivity contribution in [2.24, 2.45) is 5.92 Å². The predicted octanol–water partition coefficient (Wildman–Crippen LogP) is 2.21. The monoisotopic (exact) mass is 248 g/mol. The third kappa shape index (κ3) is 3.19. The lowest BCUT2D eigenvalue weighted by Crippen LogP contribution is -2.35. The Morgan fingerprint density at radius 3 is 2.50 bits per heavy atom. The third-order valence-electron chi connectivity index (χ3n) is 3.96. The van der Waals surface area contributed by atoms with Gasteiger partial charge in [-0.3, -0.25) is 0 Å². The van der Waals surface area contributed by atoms with Gasteiger partial charge in [-0.25, -0.2) is 0 Å². The minimum absolute atomic E-state index is 0.630. The van der Waals surface area contributed by atoms with Crippen LogP contribution >= 0.6 is 0 Å². The Hall–Kier alpha value is -1.16. The average molecular weight is 248 g/mol. The molecule has 0 amide bonds. The summed E-state index contributed by atoms with van der Waals surface area (Å²) in [5.41, 5.74) is 0.993. The fourth-order valence-corrected chi connectivity index (χ4v) is 2.63. The van der Waals surface area contributed by atoms with Crippen molar-refractivity contribution in [2.75, 3.05) is 19.0 Å². The highest BCUT2D eigenvalue weighted by Crippen LogP contribution is 2.28. The summed E-state index contributed by atoms with van der Waals surface area (Å²) >= 11 is 0. The fourth-order valence-electron chi connectivity index (χ4n) is 2.63. The van der Waals surface area contributed by atoms with Crippen LogP contribution in [0.3, 0.4) is 0 Å². The molecule has 1 aromatic heterocycles. The van der Waals surface area contributed by atoms with Crippen molar-refractivity contribution in [3.63, 3.8) is 0 Å². The molecule has 1 N–H and O–H groups in total. The molecule has 4 heteroatoms. The van der Waals surface area contributed by atoms with Crippen LogP contribution < -0.4 is 10.2 Å².